The van der Waals surface area contributed by atoms with Gasteiger partial charge in [0.05, 0.1) is 10.3 Å². The number of hydrogen-bond acceptors (Lipinski definition) is 6. The third-order valence-electron chi connectivity index (χ3n) is 5.99. The van der Waals surface area contributed by atoms with Crippen molar-refractivity contribution in [2.75, 3.05) is 49.1 Å². The number of rotatable bonds is 3. The van der Waals surface area contributed by atoms with Gasteiger partial charge in [-0.15, -0.1) is 11.3 Å². The molecule has 5 rings (SSSR count). The third kappa shape index (κ3) is 3.33. The second-order valence-electron chi connectivity index (χ2n) is 7.74. The second-order valence-corrected chi connectivity index (χ2v) is 8.74. The number of anilines is 2. The molecule has 1 aromatic carbocycles. The number of likely N-dealkylation sites (tertiary alicyclic amines) is 1. The lowest BCUT2D eigenvalue weighted by Crippen LogP contribution is -2.46. The minimum atomic E-state index is 0.155. The highest BCUT2D eigenvalue weighted by atomic mass is 32.1. The molecule has 0 radical (unpaired) electrons. The van der Waals surface area contributed by atoms with Gasteiger partial charge in [-0.25, -0.2) is 9.97 Å². The maximum Gasteiger partial charge on any atom is 0.264 e. The van der Waals surface area contributed by atoms with Gasteiger partial charge in [0.2, 0.25) is 0 Å². The summed E-state index contributed by atoms with van der Waals surface area (Å²) < 4.78 is 0. The number of piperazine rings is 1. The zero-order valence-corrected chi connectivity index (χ0v) is 17.5. The normalized spacial score (nSPS) is 17.3. The highest BCUT2D eigenvalue weighted by Gasteiger charge is 2.27. The van der Waals surface area contributed by atoms with Crippen molar-refractivity contribution in [1.29, 1.82) is 0 Å². The first kappa shape index (κ1) is 18.4. The summed E-state index contributed by atoms with van der Waals surface area (Å²) in [5.74, 6) is 1.12. The van der Waals surface area contributed by atoms with Crippen LogP contribution in [0.4, 0.5) is 11.5 Å². The molecule has 0 bridgehead atoms. The smallest absolute Gasteiger partial charge is 0.264 e. The van der Waals surface area contributed by atoms with Crippen molar-refractivity contribution in [1.82, 2.24) is 14.9 Å². The van der Waals surface area contributed by atoms with Gasteiger partial charge in [-0.1, -0.05) is 18.2 Å². The van der Waals surface area contributed by atoms with E-state index in [0.717, 1.165) is 78.6 Å². The van der Waals surface area contributed by atoms with E-state index in [4.69, 9.17) is 0 Å². The van der Waals surface area contributed by atoms with E-state index in [2.05, 4.69) is 57.0 Å². The molecule has 1 amide bonds. The molecular weight excluding hydrogens is 382 g/mol. The molecule has 6 nitrogen and oxygen atoms in total. The van der Waals surface area contributed by atoms with Crippen LogP contribution in [0.2, 0.25) is 0 Å². The largest absolute Gasteiger partial charge is 0.368 e. The number of carbonyl (C=O) groups excluding carboxylic acids is 1. The predicted octanol–water partition coefficient (Wildman–Crippen LogP) is 3.56. The van der Waals surface area contributed by atoms with Crippen LogP contribution in [0, 0.1) is 6.92 Å². The quantitative estimate of drug-likeness (QED) is 0.664. The van der Waals surface area contributed by atoms with Gasteiger partial charge in [-0.2, -0.15) is 0 Å². The monoisotopic (exact) mass is 407 g/mol. The zero-order valence-electron chi connectivity index (χ0n) is 16.7. The van der Waals surface area contributed by atoms with Crippen molar-refractivity contribution in [3.8, 4) is 0 Å². The summed E-state index contributed by atoms with van der Waals surface area (Å²) in [5.41, 5.74) is 2.30. The summed E-state index contributed by atoms with van der Waals surface area (Å²) in [6.45, 7) is 7.52. The average molecular weight is 408 g/mol. The molecule has 29 heavy (non-hydrogen) atoms. The summed E-state index contributed by atoms with van der Waals surface area (Å²) in [5, 5.41) is 1.05. The molecule has 0 spiro atoms. The Bertz CT molecular complexity index is 1020. The predicted molar refractivity (Wildman–Crippen MR) is 118 cm³/mol. The first-order valence-electron chi connectivity index (χ1n) is 10.3. The van der Waals surface area contributed by atoms with Gasteiger partial charge in [0.25, 0.3) is 5.91 Å². The fraction of sp³-hybridized carbons (Fsp3) is 0.409. The topological polar surface area (TPSA) is 52.6 Å². The first-order valence-corrected chi connectivity index (χ1v) is 11.1. The van der Waals surface area contributed by atoms with E-state index >= 15 is 0 Å². The highest BCUT2D eigenvalue weighted by Crippen LogP contribution is 2.36. The molecule has 0 N–H and O–H groups in total. The number of aromatic nitrogens is 2. The maximum atomic E-state index is 13.0. The van der Waals surface area contributed by atoms with Crippen LogP contribution in [0.25, 0.3) is 10.2 Å². The van der Waals surface area contributed by atoms with Crippen LogP contribution in [-0.4, -0.2) is 60.0 Å². The molecule has 4 heterocycles. The number of amides is 1. The number of hydrogen-bond donors (Lipinski definition) is 0. The van der Waals surface area contributed by atoms with Crippen LogP contribution < -0.4 is 9.80 Å². The van der Waals surface area contributed by atoms with E-state index in [-0.39, 0.29) is 5.91 Å². The van der Waals surface area contributed by atoms with E-state index in [1.54, 1.807) is 6.33 Å². The Morgan fingerprint density at radius 3 is 2.34 bits per heavy atom. The number of fused-ring (bicyclic) bond motifs is 1. The van der Waals surface area contributed by atoms with Gasteiger partial charge in [-0.3, -0.25) is 4.79 Å². The van der Waals surface area contributed by atoms with E-state index in [0.29, 0.717) is 0 Å². The van der Waals surface area contributed by atoms with Gasteiger partial charge in [0.1, 0.15) is 17.0 Å². The van der Waals surface area contributed by atoms with E-state index in [1.165, 1.54) is 17.0 Å². The number of nitrogens with zero attached hydrogens (tertiary/aromatic N) is 5. The number of para-hydroxylation sites is 1. The average Bonchev–Trinajstić information content (AvgIpc) is 3.43. The van der Waals surface area contributed by atoms with Gasteiger partial charge in [0.15, 0.2) is 0 Å². The third-order valence-corrected chi connectivity index (χ3v) is 7.18. The van der Waals surface area contributed by atoms with Crippen LogP contribution in [0.15, 0.2) is 36.7 Å². The molecule has 0 atom stereocenters. The number of carbonyl (C=O) groups is 1. The van der Waals surface area contributed by atoms with Crippen LogP contribution in [0.5, 0.6) is 0 Å². The van der Waals surface area contributed by atoms with Crippen molar-refractivity contribution in [2.45, 2.75) is 19.8 Å². The summed E-state index contributed by atoms with van der Waals surface area (Å²) >= 11 is 1.52. The van der Waals surface area contributed by atoms with E-state index in [1.807, 2.05) is 4.90 Å². The van der Waals surface area contributed by atoms with Gasteiger partial charge in [-0.05, 0) is 37.5 Å². The van der Waals surface area contributed by atoms with Crippen LogP contribution in [-0.2, 0) is 0 Å². The lowest BCUT2D eigenvalue weighted by atomic mass is 10.1. The highest BCUT2D eigenvalue weighted by molar-refractivity contribution is 7.20. The number of thiophene rings is 1. The fourth-order valence-electron chi connectivity index (χ4n) is 4.38. The van der Waals surface area contributed by atoms with E-state index < -0.39 is 0 Å². The molecule has 0 unspecified atom stereocenters. The molecule has 2 saturated heterocycles. The molecule has 0 saturated carbocycles. The second kappa shape index (κ2) is 7.63. The van der Waals surface area contributed by atoms with Crippen molar-refractivity contribution >= 4 is 39.0 Å². The maximum absolute atomic E-state index is 13.0. The lowest BCUT2D eigenvalue weighted by Gasteiger charge is -2.37. The van der Waals surface area contributed by atoms with Crippen molar-refractivity contribution in [2.24, 2.45) is 0 Å². The molecule has 150 valence electrons. The first-order chi connectivity index (χ1) is 14.2. The Balaban J connectivity index is 1.41. The Morgan fingerprint density at radius 2 is 1.62 bits per heavy atom. The minimum Gasteiger partial charge on any atom is -0.368 e. The molecule has 7 heteroatoms. The molecule has 2 aliphatic heterocycles. The number of aryl methyl sites for hydroxylation is 1. The molecule has 2 aliphatic rings. The molecule has 3 aromatic rings. The Labute approximate surface area is 174 Å². The summed E-state index contributed by atoms with van der Waals surface area (Å²) in [7, 11) is 0. The van der Waals surface area contributed by atoms with Crippen LogP contribution >= 0.6 is 11.3 Å². The van der Waals surface area contributed by atoms with Crippen LogP contribution in [0.1, 0.15) is 28.1 Å². The molecule has 2 aromatic heterocycles. The summed E-state index contributed by atoms with van der Waals surface area (Å²) in [6, 6.07) is 10.6. The minimum absolute atomic E-state index is 0.155. The van der Waals surface area contributed by atoms with E-state index in [9.17, 15) is 4.79 Å². The van der Waals surface area contributed by atoms with Crippen LogP contribution in [0.3, 0.4) is 0 Å². The number of benzene rings is 1. The SMILES string of the molecule is Cc1c(C(=O)N2CCCC2)sc2ncnc(N3CCN(c4ccccc4)CC3)c12. The Kier molecular flexibility index (Phi) is 4.83. The summed E-state index contributed by atoms with van der Waals surface area (Å²) in [6.07, 6.45) is 3.85. The van der Waals surface area contributed by atoms with Crippen molar-refractivity contribution in [3.63, 3.8) is 0 Å². The van der Waals surface area contributed by atoms with Gasteiger partial charge >= 0.3 is 0 Å². The standard InChI is InChI=1S/C22H25N5OS/c1-16-18-20(26-13-11-25(12-14-26)17-7-3-2-4-8-17)23-15-24-21(18)29-19(16)22(28)27-9-5-6-10-27/h2-4,7-8,15H,5-6,9-14H2,1H3. The molecule has 2 fully saturated rings. The van der Waals surface area contributed by atoms with Crippen molar-refractivity contribution in [3.05, 3.63) is 47.1 Å². The summed E-state index contributed by atoms with van der Waals surface area (Å²) in [4.78, 5) is 30.6. The zero-order chi connectivity index (χ0) is 19.8. The fourth-order valence-corrected chi connectivity index (χ4v) is 5.49. The van der Waals surface area contributed by atoms with Gasteiger partial charge < -0.3 is 14.7 Å². The van der Waals surface area contributed by atoms with Crippen molar-refractivity contribution < 1.29 is 4.79 Å². The lowest BCUT2D eigenvalue weighted by molar-refractivity contribution is 0.0797. The van der Waals surface area contributed by atoms with Gasteiger partial charge in [0, 0.05) is 45.0 Å². The molecule has 0 aliphatic carbocycles. The Hall–Kier alpha value is -2.67. The Morgan fingerprint density at radius 1 is 0.931 bits per heavy atom. The molecular formula is C22H25N5OS.